The number of methoxy groups -OCH3 is 1. The quantitative estimate of drug-likeness (QED) is 0.546. The van der Waals surface area contributed by atoms with Crippen LogP contribution >= 0.6 is 0 Å². The molecule has 0 unspecified atom stereocenters. The summed E-state index contributed by atoms with van der Waals surface area (Å²) < 4.78 is 10.9. The first kappa shape index (κ1) is 12.2. The van der Waals surface area contributed by atoms with Gasteiger partial charge in [0.25, 0.3) is 0 Å². The van der Waals surface area contributed by atoms with Crippen LogP contribution in [0.25, 0.3) is 0 Å². The second kappa shape index (κ2) is 5.85. The van der Waals surface area contributed by atoms with Gasteiger partial charge in [0.15, 0.2) is 12.4 Å². The van der Waals surface area contributed by atoms with Crippen LogP contribution < -0.4 is 4.57 Å². The van der Waals surface area contributed by atoms with E-state index in [0.29, 0.717) is 12.2 Å². The lowest BCUT2D eigenvalue weighted by Gasteiger charge is -2.00. The molecule has 0 aromatic carbocycles. The molecular formula is C11H14NO4+. The van der Waals surface area contributed by atoms with Crippen LogP contribution in [-0.2, 0) is 20.8 Å². The summed E-state index contributed by atoms with van der Waals surface area (Å²) in [4.78, 5) is 22.4. The van der Waals surface area contributed by atoms with Crippen molar-refractivity contribution in [3.8, 4) is 0 Å². The zero-order valence-electron chi connectivity index (χ0n) is 9.30. The molecule has 0 N–H and O–H groups in total. The highest BCUT2D eigenvalue weighted by Crippen LogP contribution is 1.96. The predicted octanol–water partition coefficient (Wildman–Crippen LogP) is 0.324. The topological polar surface area (TPSA) is 56.5 Å². The zero-order valence-corrected chi connectivity index (χ0v) is 9.30. The molecule has 1 aromatic rings. The third-order valence-corrected chi connectivity index (χ3v) is 1.90. The third kappa shape index (κ3) is 3.34. The molecule has 0 fully saturated rings. The van der Waals surface area contributed by atoms with Crippen molar-refractivity contribution in [2.24, 2.45) is 0 Å². The van der Waals surface area contributed by atoms with Gasteiger partial charge in [0.05, 0.1) is 13.7 Å². The number of nitrogens with zero attached hydrogens (tertiary/aromatic N) is 1. The molecule has 0 atom stereocenters. The standard InChI is InChI=1S/C11H14NO4/c1-3-16-10(13)8-12-6-4-5-9(7-12)11(14)15-2/h4-7H,3,8H2,1-2H3/q+1. The first-order valence-corrected chi connectivity index (χ1v) is 4.90. The number of hydrogen-bond acceptors (Lipinski definition) is 4. The normalized spacial score (nSPS) is 9.62. The van der Waals surface area contributed by atoms with Crippen molar-refractivity contribution >= 4 is 11.9 Å². The van der Waals surface area contributed by atoms with Gasteiger partial charge in [-0.2, -0.15) is 4.57 Å². The van der Waals surface area contributed by atoms with Gasteiger partial charge in [-0.05, 0) is 13.0 Å². The van der Waals surface area contributed by atoms with E-state index in [2.05, 4.69) is 4.74 Å². The van der Waals surface area contributed by atoms with E-state index in [4.69, 9.17) is 4.74 Å². The predicted molar refractivity (Wildman–Crippen MR) is 54.6 cm³/mol. The van der Waals surface area contributed by atoms with Crippen molar-refractivity contribution in [3.05, 3.63) is 30.1 Å². The lowest BCUT2D eigenvalue weighted by atomic mass is 10.3. The van der Waals surface area contributed by atoms with E-state index in [0.717, 1.165) is 0 Å². The van der Waals surface area contributed by atoms with E-state index in [9.17, 15) is 9.59 Å². The first-order valence-electron chi connectivity index (χ1n) is 4.90. The Morgan fingerprint density at radius 3 is 2.81 bits per heavy atom. The third-order valence-electron chi connectivity index (χ3n) is 1.90. The Bertz CT molecular complexity index is 389. The molecule has 0 aliphatic heterocycles. The summed E-state index contributed by atoms with van der Waals surface area (Å²) >= 11 is 0. The molecule has 0 radical (unpaired) electrons. The van der Waals surface area contributed by atoms with Crippen LogP contribution in [0.5, 0.6) is 0 Å². The number of hydrogen-bond donors (Lipinski definition) is 0. The molecule has 5 heteroatoms. The molecule has 0 amide bonds. The van der Waals surface area contributed by atoms with Gasteiger partial charge in [-0.15, -0.1) is 0 Å². The summed E-state index contributed by atoms with van der Waals surface area (Å²) in [6.45, 7) is 2.17. The molecule has 0 aliphatic carbocycles. The highest BCUT2D eigenvalue weighted by molar-refractivity contribution is 5.88. The lowest BCUT2D eigenvalue weighted by molar-refractivity contribution is -0.686. The van der Waals surface area contributed by atoms with Gasteiger partial charge < -0.3 is 9.47 Å². The van der Waals surface area contributed by atoms with Crippen molar-refractivity contribution in [2.45, 2.75) is 13.5 Å². The van der Waals surface area contributed by atoms with E-state index >= 15 is 0 Å². The Kier molecular flexibility index (Phi) is 4.44. The monoisotopic (exact) mass is 224 g/mol. The summed E-state index contributed by atoms with van der Waals surface area (Å²) in [6.07, 6.45) is 3.23. The Morgan fingerprint density at radius 1 is 1.44 bits per heavy atom. The Morgan fingerprint density at radius 2 is 2.19 bits per heavy atom. The Labute approximate surface area is 93.6 Å². The van der Waals surface area contributed by atoms with Crippen molar-refractivity contribution in [2.75, 3.05) is 13.7 Å². The Hall–Kier alpha value is -1.91. The molecular weight excluding hydrogens is 210 g/mol. The SMILES string of the molecule is CCOC(=O)C[n+]1cccc(C(=O)OC)c1. The number of carbonyl (C=O) groups is 2. The molecule has 16 heavy (non-hydrogen) atoms. The number of aromatic nitrogens is 1. The largest absolute Gasteiger partial charge is 0.465 e. The van der Waals surface area contributed by atoms with Gasteiger partial charge in [0, 0.05) is 6.07 Å². The van der Waals surface area contributed by atoms with E-state index in [1.165, 1.54) is 7.11 Å². The second-order valence-corrected chi connectivity index (χ2v) is 3.06. The van der Waals surface area contributed by atoms with Crippen LogP contribution in [0.2, 0.25) is 0 Å². The molecule has 1 heterocycles. The van der Waals surface area contributed by atoms with Gasteiger partial charge in [0.2, 0.25) is 6.54 Å². The second-order valence-electron chi connectivity index (χ2n) is 3.06. The molecule has 0 saturated heterocycles. The van der Waals surface area contributed by atoms with Crippen LogP contribution in [0, 0.1) is 0 Å². The maximum Gasteiger partial charge on any atom is 0.372 e. The molecule has 5 nitrogen and oxygen atoms in total. The van der Waals surface area contributed by atoms with Crippen LogP contribution in [0.15, 0.2) is 24.5 Å². The fourth-order valence-electron chi connectivity index (χ4n) is 1.21. The van der Waals surface area contributed by atoms with Crippen LogP contribution in [0.4, 0.5) is 0 Å². The average molecular weight is 224 g/mol. The lowest BCUT2D eigenvalue weighted by Crippen LogP contribution is -2.38. The number of ether oxygens (including phenoxy) is 2. The van der Waals surface area contributed by atoms with Crippen LogP contribution in [-0.4, -0.2) is 25.7 Å². The minimum atomic E-state index is -0.432. The molecule has 0 bridgehead atoms. The number of esters is 2. The average Bonchev–Trinajstić information content (AvgIpc) is 2.28. The van der Waals surface area contributed by atoms with E-state index < -0.39 is 5.97 Å². The van der Waals surface area contributed by atoms with Crippen LogP contribution in [0.3, 0.4) is 0 Å². The maximum atomic E-state index is 11.2. The fraction of sp³-hybridized carbons (Fsp3) is 0.364. The molecule has 0 saturated carbocycles. The van der Waals surface area contributed by atoms with Gasteiger partial charge >= 0.3 is 11.9 Å². The van der Waals surface area contributed by atoms with Crippen LogP contribution in [0.1, 0.15) is 17.3 Å². The number of carbonyl (C=O) groups excluding carboxylic acids is 2. The minimum Gasteiger partial charge on any atom is -0.465 e. The Balaban J connectivity index is 2.74. The van der Waals surface area contributed by atoms with E-state index in [1.54, 1.807) is 36.0 Å². The van der Waals surface area contributed by atoms with E-state index in [-0.39, 0.29) is 12.5 Å². The smallest absolute Gasteiger partial charge is 0.372 e. The summed E-state index contributed by atoms with van der Waals surface area (Å²) in [7, 11) is 1.31. The van der Waals surface area contributed by atoms with Crippen molar-refractivity contribution in [1.82, 2.24) is 0 Å². The molecule has 0 aliphatic rings. The minimum absolute atomic E-state index is 0.0820. The van der Waals surface area contributed by atoms with Gasteiger partial charge in [-0.3, -0.25) is 0 Å². The van der Waals surface area contributed by atoms with Gasteiger partial charge in [-0.25, -0.2) is 9.59 Å². The van der Waals surface area contributed by atoms with Crippen molar-refractivity contribution < 1.29 is 23.6 Å². The highest BCUT2D eigenvalue weighted by atomic mass is 16.5. The summed E-state index contributed by atoms with van der Waals surface area (Å²) in [5, 5.41) is 0. The number of pyridine rings is 1. The summed E-state index contributed by atoms with van der Waals surface area (Å²) in [5.41, 5.74) is 0.397. The molecule has 86 valence electrons. The molecule has 1 aromatic heterocycles. The first-order chi connectivity index (χ1) is 7.67. The van der Waals surface area contributed by atoms with Gasteiger partial charge in [-0.1, -0.05) is 0 Å². The van der Waals surface area contributed by atoms with Crippen molar-refractivity contribution in [3.63, 3.8) is 0 Å². The number of rotatable bonds is 4. The summed E-state index contributed by atoms with van der Waals surface area (Å²) in [5.74, 6) is -0.771. The fourth-order valence-corrected chi connectivity index (χ4v) is 1.21. The maximum absolute atomic E-state index is 11.2. The van der Waals surface area contributed by atoms with E-state index in [1.807, 2.05) is 0 Å². The van der Waals surface area contributed by atoms with Crippen molar-refractivity contribution in [1.29, 1.82) is 0 Å². The molecule has 1 rings (SSSR count). The highest BCUT2D eigenvalue weighted by Gasteiger charge is 2.14. The summed E-state index contributed by atoms with van der Waals surface area (Å²) in [6, 6.07) is 3.29. The zero-order chi connectivity index (χ0) is 12.0. The van der Waals surface area contributed by atoms with Gasteiger partial charge in [0.1, 0.15) is 5.56 Å². The molecule has 0 spiro atoms.